The number of allylic oxidation sites excluding steroid dienone is 5. The molecule has 0 aromatic carbocycles. The second-order valence-electron chi connectivity index (χ2n) is 10.8. The van der Waals surface area contributed by atoms with Crippen molar-refractivity contribution < 1.29 is 36.6 Å². The van der Waals surface area contributed by atoms with Crippen LogP contribution in [0.25, 0.3) is 44.4 Å². The average molecular weight is 622 g/mol. The second-order valence-corrected chi connectivity index (χ2v) is 10.8. The van der Waals surface area contributed by atoms with Crippen molar-refractivity contribution in [2.75, 3.05) is 0 Å². The quantitative estimate of drug-likeness (QED) is 0.285. The van der Waals surface area contributed by atoms with Gasteiger partial charge in [-0.05, 0) is 63.7 Å². The first-order valence-corrected chi connectivity index (χ1v) is 14.1. The van der Waals surface area contributed by atoms with Crippen molar-refractivity contribution in [2.24, 2.45) is 0 Å². The molecule has 0 saturated carbocycles. The summed E-state index contributed by atoms with van der Waals surface area (Å²) < 4.78 is 0. The minimum Gasteiger partial charge on any atom is -0.657 e. The van der Waals surface area contributed by atoms with Crippen LogP contribution < -0.4 is 9.97 Å². The van der Waals surface area contributed by atoms with Crippen LogP contribution >= 0.6 is 0 Å². The Morgan fingerprint density at radius 2 is 1.23 bits per heavy atom. The van der Waals surface area contributed by atoms with Crippen LogP contribution in [0.2, 0.25) is 0 Å². The van der Waals surface area contributed by atoms with E-state index in [2.05, 4.69) is 20.4 Å². The summed E-state index contributed by atoms with van der Waals surface area (Å²) in [5, 5.41) is 18.9. The molecule has 0 saturated heterocycles. The summed E-state index contributed by atoms with van der Waals surface area (Å²) in [4.78, 5) is 42.9. The van der Waals surface area contributed by atoms with Gasteiger partial charge >= 0.3 is 28.7 Å². The largest absolute Gasteiger partial charge is 2.00 e. The molecule has 9 heteroatoms. The second kappa shape index (κ2) is 12.6. The maximum atomic E-state index is 11.5. The standard InChI is InChI=1S/C34H36N4O4.Co/c1-7-21-17(3)25-13-26-19(5)23(9-11-33(39)40)31(37-26)16-32-24(10-12-34(41)42)20(6)28(38-32)15-30-22(8-2)18(4)27(36-30)14-29(21)35-25;/h7,13-16H,1,8-12H2,2-6H3,(H4,35,36,37,38,39,40,41,42);/q;+2/p-2. The Kier molecular flexibility index (Phi) is 9.27. The number of aliphatic carboxylic acids is 2. The number of rotatable bonds is 8. The first-order chi connectivity index (χ1) is 20.0. The van der Waals surface area contributed by atoms with Gasteiger partial charge in [0.25, 0.3) is 0 Å². The van der Waals surface area contributed by atoms with E-state index in [1.54, 1.807) is 0 Å². The van der Waals surface area contributed by atoms with Crippen LogP contribution in [-0.2, 0) is 39.2 Å². The summed E-state index contributed by atoms with van der Waals surface area (Å²) in [5.74, 6) is -1.77. The van der Waals surface area contributed by atoms with Gasteiger partial charge in [-0.3, -0.25) is 9.59 Å². The summed E-state index contributed by atoms with van der Waals surface area (Å²) in [7, 11) is 0. The fourth-order valence-electron chi connectivity index (χ4n) is 5.83. The van der Waals surface area contributed by atoms with Crippen molar-refractivity contribution in [1.29, 1.82) is 0 Å². The van der Waals surface area contributed by atoms with Crippen LogP contribution in [0.1, 0.15) is 85.1 Å². The third kappa shape index (κ3) is 6.00. The molecule has 2 aliphatic rings. The molecule has 1 radical (unpaired) electrons. The van der Waals surface area contributed by atoms with Crippen molar-refractivity contribution in [3.63, 3.8) is 0 Å². The molecule has 2 N–H and O–H groups in total. The number of nitrogens with zero attached hydrogens (tertiary/aromatic N) is 4. The number of hydrogen-bond donors (Lipinski definition) is 2. The Balaban J connectivity index is 0.00000423. The van der Waals surface area contributed by atoms with Gasteiger partial charge in [0.1, 0.15) is 0 Å². The normalized spacial score (nSPS) is 12.9. The molecule has 3 aromatic rings. The number of aromatic nitrogens is 4. The number of aryl methyl sites for hydroxylation is 4. The first kappa shape index (κ1) is 31.7. The molecule has 3 aromatic heterocycles. The zero-order valence-corrected chi connectivity index (χ0v) is 26.0. The fraction of sp³-hybridized carbons (Fsp3) is 0.294. The van der Waals surface area contributed by atoms with Gasteiger partial charge in [-0.1, -0.05) is 66.1 Å². The number of carbonyl (C=O) groups is 2. The minimum absolute atomic E-state index is 0. The number of carboxylic acid groups (broad SMARTS) is 2. The van der Waals surface area contributed by atoms with Gasteiger partial charge in [-0.25, -0.2) is 9.97 Å². The van der Waals surface area contributed by atoms with E-state index in [4.69, 9.17) is 19.9 Å². The zero-order valence-electron chi connectivity index (χ0n) is 25.0. The molecule has 0 atom stereocenters. The summed E-state index contributed by atoms with van der Waals surface area (Å²) in [6.45, 7) is 14.1. The van der Waals surface area contributed by atoms with Crippen LogP contribution in [0.15, 0.2) is 36.9 Å². The van der Waals surface area contributed by atoms with Crippen molar-refractivity contribution in [2.45, 2.75) is 66.7 Å². The Morgan fingerprint density at radius 3 is 1.84 bits per heavy atom. The van der Waals surface area contributed by atoms with Crippen LogP contribution in [0.3, 0.4) is 0 Å². The van der Waals surface area contributed by atoms with Crippen molar-refractivity contribution >= 4 is 56.3 Å². The summed E-state index contributed by atoms with van der Waals surface area (Å²) in [6.07, 6.45) is 3.14. The summed E-state index contributed by atoms with van der Waals surface area (Å²) in [5.41, 5.74) is 13.4. The van der Waals surface area contributed by atoms with Crippen LogP contribution in [0.5, 0.6) is 0 Å². The topological polar surface area (TPSA) is 129 Å². The third-order valence-electron chi connectivity index (χ3n) is 8.30. The third-order valence-corrected chi connectivity index (χ3v) is 8.30. The molecule has 0 fully saturated rings. The first-order valence-electron chi connectivity index (χ1n) is 14.1. The van der Waals surface area contributed by atoms with E-state index in [1.165, 1.54) is 0 Å². The van der Waals surface area contributed by atoms with Gasteiger partial charge in [-0.2, -0.15) is 0 Å². The van der Waals surface area contributed by atoms with Crippen molar-refractivity contribution in [3.8, 4) is 0 Å². The molecule has 223 valence electrons. The van der Waals surface area contributed by atoms with Crippen molar-refractivity contribution in [1.82, 2.24) is 19.9 Å². The molecule has 8 nitrogen and oxygen atoms in total. The van der Waals surface area contributed by atoms with E-state index < -0.39 is 11.9 Å². The van der Waals surface area contributed by atoms with Gasteiger partial charge in [-0.15, -0.1) is 22.1 Å². The fourth-order valence-corrected chi connectivity index (χ4v) is 5.83. The predicted molar refractivity (Wildman–Crippen MR) is 166 cm³/mol. The monoisotopic (exact) mass is 621 g/mol. The molecule has 2 aliphatic heterocycles. The van der Waals surface area contributed by atoms with E-state index in [0.29, 0.717) is 29.6 Å². The Labute approximate surface area is 260 Å². The number of carboxylic acids is 2. The summed E-state index contributed by atoms with van der Waals surface area (Å²) in [6, 6.07) is 7.77. The Hall–Kier alpha value is -4.21. The SMILES string of the molecule is C=CC1=C(C)c2cc3[n-]c(cc4nc(cc5[n-]c(cc1n2)c(C)c5CC)C(C)=C4CCC(=O)O)c(CCC(=O)O)c3C.[Co+2]. The smallest absolute Gasteiger partial charge is 0.657 e. The molecule has 8 bridgehead atoms. The minimum atomic E-state index is -0.889. The van der Waals surface area contributed by atoms with E-state index in [1.807, 2.05) is 51.1 Å². The van der Waals surface area contributed by atoms with Crippen LogP contribution in [0, 0.1) is 13.8 Å². The molecule has 0 spiro atoms. The maximum Gasteiger partial charge on any atom is 2.00 e. The molecule has 0 amide bonds. The van der Waals surface area contributed by atoms with E-state index in [-0.39, 0.29) is 29.6 Å². The molecular formula is C34H34CoN4O4. The van der Waals surface area contributed by atoms with Gasteiger partial charge < -0.3 is 20.2 Å². The predicted octanol–water partition coefficient (Wildman–Crippen LogP) is 6.68. The van der Waals surface area contributed by atoms with Crippen LogP contribution in [0.4, 0.5) is 0 Å². The maximum absolute atomic E-state index is 11.5. The summed E-state index contributed by atoms with van der Waals surface area (Å²) >= 11 is 0. The Bertz CT molecular complexity index is 1890. The number of hydrogen-bond acceptors (Lipinski definition) is 4. The van der Waals surface area contributed by atoms with Gasteiger partial charge in [0.05, 0.1) is 22.8 Å². The molecule has 5 heterocycles. The van der Waals surface area contributed by atoms with Gasteiger partial charge in [0, 0.05) is 18.4 Å². The average Bonchev–Trinajstić information content (AvgIpc) is 3.59. The van der Waals surface area contributed by atoms with Crippen molar-refractivity contribution in [3.05, 3.63) is 81.9 Å². The van der Waals surface area contributed by atoms with E-state index >= 15 is 0 Å². The molecular weight excluding hydrogens is 587 g/mol. The Morgan fingerprint density at radius 1 is 0.744 bits per heavy atom. The molecule has 43 heavy (non-hydrogen) atoms. The van der Waals surface area contributed by atoms with Crippen LogP contribution in [-0.4, -0.2) is 32.1 Å². The molecule has 0 unspecified atom stereocenters. The number of fused-ring (bicyclic) bond motifs is 8. The van der Waals surface area contributed by atoms with E-state index in [9.17, 15) is 19.8 Å². The molecule has 0 aliphatic carbocycles. The van der Waals surface area contributed by atoms with Gasteiger partial charge in [0.2, 0.25) is 0 Å². The van der Waals surface area contributed by atoms with E-state index in [0.717, 1.165) is 79.1 Å². The zero-order chi connectivity index (χ0) is 30.3. The van der Waals surface area contributed by atoms with Gasteiger partial charge in [0.15, 0.2) is 0 Å². The molecule has 5 rings (SSSR count).